The van der Waals surface area contributed by atoms with Crippen molar-refractivity contribution in [3.8, 4) is 0 Å². The molecule has 0 spiro atoms. The number of fused-ring (bicyclic) bond motifs is 2. The lowest BCUT2D eigenvalue weighted by Crippen LogP contribution is -2.36. The van der Waals surface area contributed by atoms with E-state index in [-0.39, 0.29) is 17.2 Å². The highest BCUT2D eigenvalue weighted by atomic mass is 35.5. The van der Waals surface area contributed by atoms with E-state index in [2.05, 4.69) is 15.2 Å². The first-order chi connectivity index (χ1) is 11.3. The minimum atomic E-state index is -0.575. The van der Waals surface area contributed by atoms with Gasteiger partial charge in [0.15, 0.2) is 11.0 Å². The number of hydrogen-bond donors (Lipinski definition) is 1. The van der Waals surface area contributed by atoms with E-state index in [9.17, 15) is 9.18 Å². The SMILES string of the molecule is CC(C)(C)OC(=O)N1CC2C(C1)C2c1n[nH]c2c(F)c(Cl)ncc12. The minimum Gasteiger partial charge on any atom is -0.444 e. The third-order valence-electron chi connectivity index (χ3n) is 4.70. The highest BCUT2D eigenvalue weighted by molar-refractivity contribution is 6.30. The number of halogens is 2. The Bertz CT molecular complexity index is 819. The number of amides is 1. The Morgan fingerprint density at radius 3 is 2.71 bits per heavy atom. The van der Waals surface area contributed by atoms with E-state index in [0.717, 1.165) is 5.69 Å². The summed E-state index contributed by atoms with van der Waals surface area (Å²) in [5.74, 6) is 0.319. The lowest BCUT2D eigenvalue weighted by molar-refractivity contribution is 0.0271. The van der Waals surface area contributed by atoms with Gasteiger partial charge in [-0.05, 0) is 32.6 Å². The van der Waals surface area contributed by atoms with Crippen LogP contribution in [0.5, 0.6) is 0 Å². The number of nitrogens with zero attached hydrogens (tertiary/aromatic N) is 3. The zero-order valence-electron chi connectivity index (χ0n) is 13.6. The number of pyridine rings is 1. The van der Waals surface area contributed by atoms with Crippen molar-refractivity contribution in [2.75, 3.05) is 13.1 Å². The molecule has 4 rings (SSSR count). The molecule has 0 bridgehead atoms. The summed E-state index contributed by atoms with van der Waals surface area (Å²) in [6.45, 7) is 6.84. The summed E-state index contributed by atoms with van der Waals surface area (Å²) in [6, 6.07) is 0. The van der Waals surface area contributed by atoms with Gasteiger partial charge in [0.25, 0.3) is 0 Å². The van der Waals surface area contributed by atoms with Crippen LogP contribution in [-0.4, -0.2) is 44.9 Å². The van der Waals surface area contributed by atoms with Crippen LogP contribution in [-0.2, 0) is 4.74 Å². The standard InChI is InChI=1S/C16H18ClFN4O2/c1-16(2,3)24-15(23)22-5-8-9(6-22)10(8)12-7-4-19-14(17)11(18)13(7)21-20-12/h4,8-10H,5-6H2,1-3H3,(H,20,21). The van der Waals surface area contributed by atoms with Gasteiger partial charge in [-0.15, -0.1) is 0 Å². The Kier molecular flexibility index (Phi) is 3.29. The van der Waals surface area contributed by atoms with Crippen LogP contribution < -0.4 is 0 Å². The molecule has 2 unspecified atom stereocenters. The smallest absolute Gasteiger partial charge is 0.410 e. The normalized spacial score (nSPS) is 25.9. The minimum absolute atomic E-state index is 0.162. The Hall–Kier alpha value is -1.89. The Labute approximate surface area is 143 Å². The van der Waals surface area contributed by atoms with Gasteiger partial charge in [-0.2, -0.15) is 5.10 Å². The number of rotatable bonds is 1. The Balaban J connectivity index is 1.50. The molecule has 2 aromatic rings. The molecule has 1 saturated carbocycles. The number of H-pyrrole nitrogens is 1. The number of piperidine rings is 1. The van der Waals surface area contributed by atoms with Gasteiger partial charge in [0.05, 0.1) is 5.69 Å². The molecular weight excluding hydrogens is 335 g/mol. The number of likely N-dealkylation sites (tertiary alicyclic amines) is 1. The van der Waals surface area contributed by atoms with Crippen molar-refractivity contribution in [2.24, 2.45) is 11.8 Å². The molecule has 24 heavy (non-hydrogen) atoms. The van der Waals surface area contributed by atoms with Crippen molar-refractivity contribution < 1.29 is 13.9 Å². The molecule has 3 heterocycles. The van der Waals surface area contributed by atoms with Gasteiger partial charge in [0, 0.05) is 30.6 Å². The van der Waals surface area contributed by atoms with Crippen LogP contribution in [0.15, 0.2) is 6.20 Å². The molecule has 2 aliphatic rings. The average Bonchev–Trinajstić information content (AvgIpc) is 2.89. The predicted molar refractivity (Wildman–Crippen MR) is 86.4 cm³/mol. The number of carbonyl (C=O) groups is 1. The molecule has 1 aliphatic heterocycles. The molecule has 1 N–H and O–H groups in total. The first-order valence-corrected chi connectivity index (χ1v) is 8.30. The highest BCUT2D eigenvalue weighted by Gasteiger charge is 2.59. The molecule has 128 valence electrons. The van der Waals surface area contributed by atoms with Crippen LogP contribution in [0, 0.1) is 17.7 Å². The lowest BCUT2D eigenvalue weighted by atomic mass is 10.1. The molecule has 1 aliphatic carbocycles. The molecule has 1 amide bonds. The van der Waals surface area contributed by atoms with Crippen molar-refractivity contribution >= 4 is 28.6 Å². The second-order valence-electron chi connectivity index (χ2n) is 7.50. The van der Waals surface area contributed by atoms with Gasteiger partial charge in [-0.25, -0.2) is 14.2 Å². The van der Waals surface area contributed by atoms with E-state index in [4.69, 9.17) is 16.3 Å². The monoisotopic (exact) mass is 352 g/mol. The van der Waals surface area contributed by atoms with Crippen LogP contribution in [0.1, 0.15) is 32.4 Å². The summed E-state index contributed by atoms with van der Waals surface area (Å²) in [5, 5.41) is 7.50. The molecular formula is C16H18ClFN4O2. The van der Waals surface area contributed by atoms with Crippen LogP contribution in [0.4, 0.5) is 9.18 Å². The van der Waals surface area contributed by atoms with E-state index < -0.39 is 11.4 Å². The zero-order valence-corrected chi connectivity index (χ0v) is 14.4. The quantitative estimate of drug-likeness (QED) is 0.799. The molecule has 1 saturated heterocycles. The largest absolute Gasteiger partial charge is 0.444 e. The molecule has 2 aromatic heterocycles. The third kappa shape index (κ3) is 2.42. The Morgan fingerprint density at radius 1 is 1.42 bits per heavy atom. The van der Waals surface area contributed by atoms with Gasteiger partial charge >= 0.3 is 6.09 Å². The molecule has 8 heteroatoms. The summed E-state index contributed by atoms with van der Waals surface area (Å²) in [7, 11) is 0. The number of nitrogens with one attached hydrogen (secondary N) is 1. The fourth-order valence-electron chi connectivity index (χ4n) is 3.61. The van der Waals surface area contributed by atoms with Gasteiger partial charge in [-0.1, -0.05) is 11.6 Å². The van der Waals surface area contributed by atoms with Crippen LogP contribution in [0.2, 0.25) is 5.15 Å². The van der Waals surface area contributed by atoms with Crippen molar-refractivity contribution in [3.05, 3.63) is 22.9 Å². The van der Waals surface area contributed by atoms with Crippen molar-refractivity contribution in [2.45, 2.75) is 32.3 Å². The number of ether oxygens (including phenoxy) is 1. The van der Waals surface area contributed by atoms with E-state index >= 15 is 0 Å². The average molecular weight is 353 g/mol. The van der Waals surface area contributed by atoms with Crippen molar-refractivity contribution in [1.29, 1.82) is 0 Å². The summed E-state index contributed by atoms with van der Waals surface area (Å²) >= 11 is 5.70. The van der Waals surface area contributed by atoms with Crippen LogP contribution >= 0.6 is 11.6 Å². The maximum atomic E-state index is 14.0. The molecule has 2 atom stereocenters. The van der Waals surface area contributed by atoms with Gasteiger partial charge in [0.1, 0.15) is 11.1 Å². The number of aromatic nitrogens is 3. The summed E-state index contributed by atoms with van der Waals surface area (Å²) in [5.41, 5.74) is 0.607. The zero-order chi connectivity index (χ0) is 17.2. The first-order valence-electron chi connectivity index (χ1n) is 7.92. The Morgan fingerprint density at radius 2 is 2.08 bits per heavy atom. The fourth-order valence-corrected chi connectivity index (χ4v) is 3.75. The summed E-state index contributed by atoms with van der Waals surface area (Å²) in [6.07, 6.45) is 1.28. The second kappa shape index (κ2) is 5.05. The summed E-state index contributed by atoms with van der Waals surface area (Å²) < 4.78 is 19.4. The van der Waals surface area contributed by atoms with Crippen LogP contribution in [0.3, 0.4) is 0 Å². The van der Waals surface area contributed by atoms with E-state index in [1.807, 2.05) is 20.8 Å². The van der Waals surface area contributed by atoms with Crippen LogP contribution in [0.25, 0.3) is 10.9 Å². The number of hydrogen-bond acceptors (Lipinski definition) is 4. The molecule has 6 nitrogen and oxygen atoms in total. The molecule has 0 radical (unpaired) electrons. The topological polar surface area (TPSA) is 71.1 Å². The predicted octanol–water partition coefficient (Wildman–Crippen LogP) is 3.33. The van der Waals surface area contributed by atoms with Gasteiger partial charge in [-0.3, -0.25) is 5.10 Å². The maximum absolute atomic E-state index is 14.0. The van der Waals surface area contributed by atoms with Crippen molar-refractivity contribution in [1.82, 2.24) is 20.1 Å². The lowest BCUT2D eigenvalue weighted by Gasteiger charge is -2.25. The first kappa shape index (κ1) is 15.6. The van der Waals surface area contributed by atoms with Crippen molar-refractivity contribution in [3.63, 3.8) is 0 Å². The molecule has 2 fully saturated rings. The van der Waals surface area contributed by atoms with Gasteiger partial charge in [0.2, 0.25) is 0 Å². The highest BCUT2D eigenvalue weighted by Crippen LogP contribution is 2.58. The van der Waals surface area contributed by atoms with E-state index in [1.165, 1.54) is 0 Å². The number of aromatic amines is 1. The summed E-state index contributed by atoms with van der Waals surface area (Å²) in [4.78, 5) is 17.7. The molecule has 0 aromatic carbocycles. The van der Waals surface area contributed by atoms with E-state index in [0.29, 0.717) is 35.8 Å². The maximum Gasteiger partial charge on any atom is 0.410 e. The fraction of sp³-hybridized carbons (Fsp3) is 0.562. The second-order valence-corrected chi connectivity index (χ2v) is 7.86. The number of carbonyl (C=O) groups excluding carboxylic acids is 1. The van der Waals surface area contributed by atoms with Gasteiger partial charge < -0.3 is 9.64 Å². The third-order valence-corrected chi connectivity index (χ3v) is 4.97. The van der Waals surface area contributed by atoms with E-state index in [1.54, 1.807) is 11.1 Å².